The van der Waals surface area contributed by atoms with E-state index in [1.807, 2.05) is 4.90 Å². The van der Waals surface area contributed by atoms with Crippen molar-refractivity contribution in [1.82, 2.24) is 9.88 Å². The number of piperidine rings is 1. The molecule has 1 saturated heterocycles. The first-order valence-corrected chi connectivity index (χ1v) is 7.30. The van der Waals surface area contributed by atoms with Gasteiger partial charge in [-0.15, -0.1) is 0 Å². The zero-order valence-electron chi connectivity index (χ0n) is 11.3. The summed E-state index contributed by atoms with van der Waals surface area (Å²) in [6.45, 7) is 4.04. The van der Waals surface area contributed by atoms with Gasteiger partial charge in [0.05, 0.1) is 16.6 Å². The van der Waals surface area contributed by atoms with Crippen LogP contribution < -0.4 is 11.1 Å². The molecule has 1 aromatic rings. The van der Waals surface area contributed by atoms with E-state index in [-0.39, 0.29) is 11.9 Å². The van der Waals surface area contributed by atoms with E-state index in [0.29, 0.717) is 28.3 Å². The van der Waals surface area contributed by atoms with Crippen LogP contribution >= 0.6 is 23.2 Å². The normalized spacial score (nSPS) is 23.6. The van der Waals surface area contributed by atoms with Gasteiger partial charge in [0.2, 0.25) is 5.91 Å². The Morgan fingerprint density at radius 2 is 2.35 bits per heavy atom. The summed E-state index contributed by atoms with van der Waals surface area (Å²) in [7, 11) is 0. The molecular weight excluding hydrogens is 299 g/mol. The van der Waals surface area contributed by atoms with Crippen LogP contribution in [0.1, 0.15) is 13.3 Å². The van der Waals surface area contributed by atoms with E-state index in [9.17, 15) is 4.79 Å². The highest BCUT2D eigenvalue weighted by atomic mass is 35.5. The fourth-order valence-corrected chi connectivity index (χ4v) is 2.62. The third-order valence-corrected chi connectivity index (χ3v) is 4.03. The summed E-state index contributed by atoms with van der Waals surface area (Å²) in [5.74, 6) is 0.681. The second kappa shape index (κ2) is 6.72. The first-order valence-electron chi connectivity index (χ1n) is 6.54. The van der Waals surface area contributed by atoms with Gasteiger partial charge >= 0.3 is 0 Å². The lowest BCUT2D eigenvalue weighted by atomic mass is 9.94. The Morgan fingerprint density at radius 3 is 3.00 bits per heavy atom. The lowest BCUT2D eigenvalue weighted by Crippen LogP contribution is -2.49. The average molecular weight is 317 g/mol. The minimum Gasteiger partial charge on any atom is -0.326 e. The van der Waals surface area contributed by atoms with Crippen LogP contribution in [0.5, 0.6) is 0 Å². The van der Waals surface area contributed by atoms with Gasteiger partial charge in [-0.25, -0.2) is 4.98 Å². The predicted octanol–water partition coefficient (Wildman–Crippen LogP) is 2.00. The smallest absolute Gasteiger partial charge is 0.239 e. The number of pyridine rings is 1. The number of hydrogen-bond acceptors (Lipinski definition) is 4. The fourth-order valence-electron chi connectivity index (χ4n) is 2.19. The van der Waals surface area contributed by atoms with Gasteiger partial charge in [0.1, 0.15) is 0 Å². The largest absolute Gasteiger partial charge is 0.326 e. The lowest BCUT2D eigenvalue weighted by molar-refractivity contribution is -0.117. The number of nitrogens with two attached hydrogens (primary N) is 1. The predicted molar refractivity (Wildman–Crippen MR) is 81.1 cm³/mol. The quantitative estimate of drug-likeness (QED) is 0.894. The molecule has 0 saturated carbocycles. The molecule has 2 unspecified atom stereocenters. The standard InChI is InChI=1S/C13H18Cl2N4O/c1-8-2-3-19(6-11(8)16)7-12(20)18-13-10(15)4-9(14)5-17-13/h4-5,8,11H,2-3,6-7,16H2,1H3,(H,17,18,20). The van der Waals surface area contributed by atoms with Gasteiger partial charge in [0.15, 0.2) is 5.82 Å². The van der Waals surface area contributed by atoms with Crippen LogP contribution in [-0.2, 0) is 4.79 Å². The van der Waals surface area contributed by atoms with Crippen molar-refractivity contribution in [1.29, 1.82) is 0 Å². The van der Waals surface area contributed by atoms with Crippen LogP contribution in [0.2, 0.25) is 10.0 Å². The summed E-state index contributed by atoms with van der Waals surface area (Å²) in [5.41, 5.74) is 6.02. The average Bonchev–Trinajstić information content (AvgIpc) is 2.37. The molecule has 2 atom stereocenters. The topological polar surface area (TPSA) is 71.2 Å². The van der Waals surface area contributed by atoms with E-state index in [1.165, 1.54) is 6.20 Å². The molecule has 20 heavy (non-hydrogen) atoms. The maximum atomic E-state index is 12.0. The molecule has 110 valence electrons. The second-order valence-electron chi connectivity index (χ2n) is 5.20. The number of rotatable bonds is 3. The van der Waals surface area contributed by atoms with Gasteiger partial charge in [-0.1, -0.05) is 30.1 Å². The SMILES string of the molecule is CC1CCN(CC(=O)Nc2ncc(Cl)cc2Cl)CC1N. The van der Waals surface area contributed by atoms with E-state index in [0.717, 1.165) is 19.5 Å². The maximum Gasteiger partial charge on any atom is 0.239 e. The van der Waals surface area contributed by atoms with Crippen LogP contribution in [0.25, 0.3) is 0 Å². The molecule has 0 spiro atoms. The Labute approximate surface area is 128 Å². The maximum absolute atomic E-state index is 12.0. The molecule has 1 aliphatic rings. The summed E-state index contributed by atoms with van der Waals surface area (Å²) in [6.07, 6.45) is 2.45. The minimum atomic E-state index is -0.150. The van der Waals surface area contributed by atoms with Crippen molar-refractivity contribution < 1.29 is 4.79 Å². The van der Waals surface area contributed by atoms with E-state index in [2.05, 4.69) is 17.2 Å². The van der Waals surface area contributed by atoms with Crippen molar-refractivity contribution in [2.24, 2.45) is 11.7 Å². The Balaban J connectivity index is 1.89. The molecular formula is C13H18Cl2N4O. The van der Waals surface area contributed by atoms with Crippen molar-refractivity contribution >= 4 is 34.9 Å². The molecule has 7 heteroatoms. The van der Waals surface area contributed by atoms with Crippen LogP contribution in [0, 0.1) is 5.92 Å². The number of likely N-dealkylation sites (tertiary alicyclic amines) is 1. The van der Waals surface area contributed by atoms with Crippen molar-refractivity contribution in [3.63, 3.8) is 0 Å². The number of carbonyl (C=O) groups is 1. The van der Waals surface area contributed by atoms with Crippen molar-refractivity contribution in [2.45, 2.75) is 19.4 Å². The third-order valence-electron chi connectivity index (χ3n) is 3.53. The van der Waals surface area contributed by atoms with Gasteiger partial charge < -0.3 is 11.1 Å². The molecule has 0 radical (unpaired) electrons. The summed E-state index contributed by atoms with van der Waals surface area (Å²) < 4.78 is 0. The van der Waals surface area contributed by atoms with Crippen molar-refractivity contribution in [2.75, 3.05) is 25.0 Å². The summed E-state index contributed by atoms with van der Waals surface area (Å²) >= 11 is 11.7. The Bertz CT molecular complexity index is 497. The van der Waals surface area contributed by atoms with Gasteiger partial charge in [-0.3, -0.25) is 9.69 Å². The zero-order chi connectivity index (χ0) is 14.7. The molecule has 0 aliphatic carbocycles. The molecule has 1 fully saturated rings. The van der Waals surface area contributed by atoms with Gasteiger partial charge in [0.25, 0.3) is 0 Å². The molecule has 3 N–H and O–H groups in total. The van der Waals surface area contributed by atoms with Crippen LogP contribution in [0.15, 0.2) is 12.3 Å². The number of carbonyl (C=O) groups excluding carboxylic acids is 1. The summed E-state index contributed by atoms with van der Waals surface area (Å²) in [6, 6.07) is 1.67. The lowest BCUT2D eigenvalue weighted by Gasteiger charge is -2.34. The van der Waals surface area contributed by atoms with Crippen LogP contribution in [-0.4, -0.2) is 41.5 Å². The first kappa shape index (κ1) is 15.5. The first-order chi connectivity index (χ1) is 9.45. The summed E-state index contributed by atoms with van der Waals surface area (Å²) in [4.78, 5) is 18.0. The highest BCUT2D eigenvalue weighted by Crippen LogP contribution is 2.22. The van der Waals surface area contributed by atoms with Crippen LogP contribution in [0.4, 0.5) is 5.82 Å². The summed E-state index contributed by atoms with van der Waals surface area (Å²) in [5, 5.41) is 3.45. The number of aromatic nitrogens is 1. The Morgan fingerprint density at radius 1 is 1.60 bits per heavy atom. The van der Waals surface area contributed by atoms with E-state index in [1.54, 1.807) is 6.07 Å². The van der Waals surface area contributed by atoms with E-state index in [4.69, 9.17) is 28.9 Å². The van der Waals surface area contributed by atoms with Crippen molar-refractivity contribution in [3.05, 3.63) is 22.3 Å². The number of amides is 1. The number of halogens is 2. The molecule has 2 heterocycles. The van der Waals surface area contributed by atoms with Crippen molar-refractivity contribution in [3.8, 4) is 0 Å². The molecule has 1 aromatic heterocycles. The highest BCUT2D eigenvalue weighted by molar-refractivity contribution is 6.36. The Kier molecular flexibility index (Phi) is 5.21. The molecule has 1 aliphatic heterocycles. The van der Waals surface area contributed by atoms with Gasteiger partial charge in [-0.05, 0) is 24.9 Å². The molecule has 0 bridgehead atoms. The third kappa shape index (κ3) is 4.06. The second-order valence-corrected chi connectivity index (χ2v) is 6.04. The Hall–Kier alpha value is -0.880. The van der Waals surface area contributed by atoms with Gasteiger partial charge in [-0.2, -0.15) is 0 Å². The zero-order valence-corrected chi connectivity index (χ0v) is 12.8. The van der Waals surface area contributed by atoms with E-state index < -0.39 is 0 Å². The van der Waals surface area contributed by atoms with Crippen LogP contribution in [0.3, 0.4) is 0 Å². The number of anilines is 1. The fraction of sp³-hybridized carbons (Fsp3) is 0.538. The molecule has 5 nitrogen and oxygen atoms in total. The van der Waals surface area contributed by atoms with Gasteiger partial charge in [0, 0.05) is 18.8 Å². The number of hydrogen-bond donors (Lipinski definition) is 2. The highest BCUT2D eigenvalue weighted by Gasteiger charge is 2.24. The molecule has 1 amide bonds. The molecule has 2 rings (SSSR count). The minimum absolute atomic E-state index is 0.119. The number of nitrogens with one attached hydrogen (secondary N) is 1. The monoisotopic (exact) mass is 316 g/mol. The number of nitrogens with zero attached hydrogens (tertiary/aromatic N) is 2. The van der Waals surface area contributed by atoms with E-state index >= 15 is 0 Å². The molecule has 0 aromatic carbocycles.